The van der Waals surface area contributed by atoms with E-state index < -0.39 is 5.97 Å². The van der Waals surface area contributed by atoms with Gasteiger partial charge in [0.15, 0.2) is 0 Å². The number of nitrogens with one attached hydrogen (secondary N) is 2. The van der Waals surface area contributed by atoms with Gasteiger partial charge in [-0.25, -0.2) is 4.79 Å². The number of aryl methyl sites for hydroxylation is 1. The number of urea groups is 1. The first kappa shape index (κ1) is 14.5. The van der Waals surface area contributed by atoms with Crippen molar-refractivity contribution >= 4 is 33.6 Å². The summed E-state index contributed by atoms with van der Waals surface area (Å²) in [6.07, 6.45) is 0.464. The van der Waals surface area contributed by atoms with E-state index in [9.17, 15) is 9.59 Å². The van der Waals surface area contributed by atoms with Crippen LogP contribution in [0.5, 0.6) is 0 Å². The van der Waals surface area contributed by atoms with Crippen molar-refractivity contribution in [3.63, 3.8) is 0 Å². The molecule has 0 aromatic heterocycles. The van der Waals surface area contributed by atoms with Gasteiger partial charge in [-0.3, -0.25) is 4.79 Å². The van der Waals surface area contributed by atoms with Crippen molar-refractivity contribution in [1.29, 1.82) is 0 Å². The van der Waals surface area contributed by atoms with Gasteiger partial charge in [0.1, 0.15) is 0 Å². The number of rotatable bonds is 5. The molecule has 0 fully saturated rings. The molecule has 0 aliphatic heterocycles. The Morgan fingerprint density at radius 1 is 1.39 bits per heavy atom. The van der Waals surface area contributed by atoms with E-state index in [1.807, 2.05) is 19.1 Å². The van der Waals surface area contributed by atoms with Gasteiger partial charge in [0, 0.05) is 17.4 Å². The van der Waals surface area contributed by atoms with Gasteiger partial charge >= 0.3 is 12.0 Å². The molecule has 0 spiro atoms. The van der Waals surface area contributed by atoms with Crippen LogP contribution in [0.2, 0.25) is 0 Å². The molecule has 1 aromatic rings. The molecule has 0 atom stereocenters. The Kier molecular flexibility index (Phi) is 5.64. The first-order valence-corrected chi connectivity index (χ1v) is 6.31. The second kappa shape index (κ2) is 7.00. The van der Waals surface area contributed by atoms with E-state index in [2.05, 4.69) is 26.6 Å². The van der Waals surface area contributed by atoms with Crippen molar-refractivity contribution in [2.75, 3.05) is 11.9 Å². The Labute approximate surface area is 114 Å². The minimum absolute atomic E-state index is 0.0500. The highest BCUT2D eigenvalue weighted by molar-refractivity contribution is 9.10. The third kappa shape index (κ3) is 4.75. The summed E-state index contributed by atoms with van der Waals surface area (Å²) in [5, 5.41) is 13.7. The molecular weight excluding hydrogens is 300 g/mol. The van der Waals surface area contributed by atoms with Crippen LogP contribution in [0.3, 0.4) is 0 Å². The number of halogens is 1. The van der Waals surface area contributed by atoms with Gasteiger partial charge in [0.2, 0.25) is 0 Å². The molecular formula is C12H15BrN2O3. The van der Waals surface area contributed by atoms with Crippen molar-refractivity contribution in [2.24, 2.45) is 0 Å². The molecule has 0 aliphatic carbocycles. The van der Waals surface area contributed by atoms with E-state index in [0.29, 0.717) is 18.7 Å². The van der Waals surface area contributed by atoms with Gasteiger partial charge in [-0.1, -0.05) is 12.1 Å². The predicted molar refractivity (Wildman–Crippen MR) is 72.8 cm³/mol. The predicted octanol–water partition coefficient (Wildman–Crippen LogP) is 2.74. The maximum atomic E-state index is 11.5. The van der Waals surface area contributed by atoms with Crippen molar-refractivity contribution < 1.29 is 14.7 Å². The van der Waals surface area contributed by atoms with Crippen LogP contribution in [0.1, 0.15) is 18.4 Å². The summed E-state index contributed by atoms with van der Waals surface area (Å²) in [4.78, 5) is 21.8. The molecule has 6 heteroatoms. The fourth-order valence-corrected chi connectivity index (χ4v) is 1.72. The molecule has 0 radical (unpaired) electrons. The average molecular weight is 315 g/mol. The van der Waals surface area contributed by atoms with Gasteiger partial charge in [-0.15, -0.1) is 0 Å². The first-order valence-electron chi connectivity index (χ1n) is 5.52. The summed E-state index contributed by atoms with van der Waals surface area (Å²) in [7, 11) is 0. The molecule has 1 rings (SSSR count). The number of carbonyl (C=O) groups is 2. The van der Waals surface area contributed by atoms with Crippen LogP contribution in [0.15, 0.2) is 22.7 Å². The third-order valence-electron chi connectivity index (χ3n) is 2.29. The lowest BCUT2D eigenvalue weighted by molar-refractivity contribution is -0.137. The molecule has 2 amide bonds. The maximum absolute atomic E-state index is 11.5. The molecule has 18 heavy (non-hydrogen) atoms. The van der Waals surface area contributed by atoms with Gasteiger partial charge in [0.05, 0.1) is 5.69 Å². The number of amides is 2. The van der Waals surface area contributed by atoms with E-state index in [1.54, 1.807) is 6.07 Å². The van der Waals surface area contributed by atoms with E-state index >= 15 is 0 Å². The minimum atomic E-state index is -0.862. The smallest absolute Gasteiger partial charge is 0.319 e. The highest BCUT2D eigenvalue weighted by atomic mass is 79.9. The van der Waals surface area contributed by atoms with Crippen LogP contribution < -0.4 is 10.6 Å². The van der Waals surface area contributed by atoms with Crippen LogP contribution in [-0.4, -0.2) is 23.7 Å². The van der Waals surface area contributed by atoms with Crippen LogP contribution in [0.25, 0.3) is 0 Å². The van der Waals surface area contributed by atoms with E-state index in [4.69, 9.17) is 5.11 Å². The lowest BCUT2D eigenvalue weighted by Crippen LogP contribution is -2.29. The Morgan fingerprint density at radius 3 is 2.78 bits per heavy atom. The van der Waals surface area contributed by atoms with Crippen LogP contribution in [-0.2, 0) is 4.79 Å². The Balaban J connectivity index is 2.40. The number of aliphatic carboxylic acids is 1. The molecule has 0 saturated heterocycles. The molecule has 0 aliphatic rings. The second-order valence-electron chi connectivity index (χ2n) is 3.81. The third-order valence-corrected chi connectivity index (χ3v) is 3.35. The quantitative estimate of drug-likeness (QED) is 0.731. The lowest BCUT2D eigenvalue weighted by atomic mass is 10.2. The number of hydrogen-bond donors (Lipinski definition) is 3. The summed E-state index contributed by atoms with van der Waals surface area (Å²) < 4.78 is 0.839. The van der Waals surface area contributed by atoms with Crippen LogP contribution in [0, 0.1) is 6.92 Å². The summed E-state index contributed by atoms with van der Waals surface area (Å²) in [6, 6.07) is 5.22. The van der Waals surface area contributed by atoms with E-state index in [-0.39, 0.29) is 12.5 Å². The zero-order valence-electron chi connectivity index (χ0n) is 10.00. The van der Waals surface area contributed by atoms with Gasteiger partial charge in [0.25, 0.3) is 0 Å². The minimum Gasteiger partial charge on any atom is -0.481 e. The van der Waals surface area contributed by atoms with E-state index in [1.165, 1.54) is 0 Å². The molecule has 98 valence electrons. The van der Waals surface area contributed by atoms with Crippen LogP contribution >= 0.6 is 15.9 Å². The summed E-state index contributed by atoms with van der Waals surface area (Å²) in [5.41, 5.74) is 1.71. The highest BCUT2D eigenvalue weighted by Gasteiger charge is 2.06. The molecule has 3 N–H and O–H groups in total. The number of hydrogen-bond acceptors (Lipinski definition) is 2. The SMILES string of the molecule is Cc1cccc(NC(=O)NCCCC(=O)O)c1Br. The van der Waals surface area contributed by atoms with Crippen molar-refractivity contribution in [2.45, 2.75) is 19.8 Å². The molecule has 0 saturated carbocycles. The average Bonchev–Trinajstić information content (AvgIpc) is 2.30. The molecule has 0 bridgehead atoms. The fourth-order valence-electron chi connectivity index (χ4n) is 1.35. The normalized spacial score (nSPS) is 9.89. The molecule has 0 unspecified atom stereocenters. The number of carbonyl (C=O) groups excluding carboxylic acids is 1. The van der Waals surface area contributed by atoms with Crippen molar-refractivity contribution in [3.05, 3.63) is 28.2 Å². The van der Waals surface area contributed by atoms with Crippen molar-refractivity contribution in [3.8, 4) is 0 Å². The van der Waals surface area contributed by atoms with Gasteiger partial charge in [-0.05, 0) is 40.9 Å². The Morgan fingerprint density at radius 2 is 2.11 bits per heavy atom. The van der Waals surface area contributed by atoms with E-state index in [0.717, 1.165) is 10.0 Å². The standard InChI is InChI=1S/C12H15BrN2O3/c1-8-4-2-5-9(11(8)13)15-12(18)14-7-3-6-10(16)17/h2,4-5H,3,6-7H2,1H3,(H,16,17)(H2,14,15,18). The Bertz CT molecular complexity index is 449. The number of benzene rings is 1. The largest absolute Gasteiger partial charge is 0.481 e. The monoisotopic (exact) mass is 314 g/mol. The van der Waals surface area contributed by atoms with Crippen LogP contribution in [0.4, 0.5) is 10.5 Å². The second-order valence-corrected chi connectivity index (χ2v) is 4.61. The van der Waals surface area contributed by atoms with Gasteiger partial charge in [-0.2, -0.15) is 0 Å². The molecule has 1 aromatic carbocycles. The fraction of sp³-hybridized carbons (Fsp3) is 0.333. The lowest BCUT2D eigenvalue weighted by Gasteiger charge is -2.10. The highest BCUT2D eigenvalue weighted by Crippen LogP contribution is 2.25. The number of anilines is 1. The van der Waals surface area contributed by atoms with Crippen molar-refractivity contribution in [1.82, 2.24) is 5.32 Å². The summed E-state index contributed by atoms with van der Waals surface area (Å²) >= 11 is 3.39. The number of carboxylic acid groups (broad SMARTS) is 1. The zero-order chi connectivity index (χ0) is 13.5. The summed E-state index contributed by atoms with van der Waals surface area (Å²) in [5.74, 6) is -0.862. The molecule has 5 nitrogen and oxygen atoms in total. The maximum Gasteiger partial charge on any atom is 0.319 e. The Hall–Kier alpha value is -1.56. The first-order chi connectivity index (χ1) is 8.50. The number of carboxylic acids is 1. The zero-order valence-corrected chi connectivity index (χ0v) is 11.6. The van der Waals surface area contributed by atoms with Gasteiger partial charge < -0.3 is 15.7 Å². The summed E-state index contributed by atoms with van der Waals surface area (Å²) in [6.45, 7) is 2.27. The molecule has 0 heterocycles. The topological polar surface area (TPSA) is 78.4 Å².